The topological polar surface area (TPSA) is 42.2 Å². The average molecular weight is 261 g/mol. The van der Waals surface area contributed by atoms with Gasteiger partial charge in [-0.3, -0.25) is 4.79 Å². The van der Waals surface area contributed by atoms with Gasteiger partial charge >= 0.3 is 0 Å². The van der Waals surface area contributed by atoms with E-state index in [-0.39, 0.29) is 11.6 Å². The van der Waals surface area contributed by atoms with E-state index in [1.807, 2.05) is 13.0 Å². The van der Waals surface area contributed by atoms with Gasteiger partial charge in [-0.1, -0.05) is 12.1 Å². The first-order chi connectivity index (χ1) is 9.08. The van der Waals surface area contributed by atoms with Gasteiger partial charge in [0, 0.05) is 12.5 Å². The molecule has 0 bridgehead atoms. The number of hydrogen-bond donors (Lipinski definition) is 1. The molecule has 0 radical (unpaired) electrons. The van der Waals surface area contributed by atoms with Crippen LogP contribution in [-0.4, -0.2) is 11.9 Å². The van der Waals surface area contributed by atoms with Crippen LogP contribution < -0.4 is 5.32 Å². The molecule has 0 saturated carbocycles. The van der Waals surface area contributed by atoms with Crippen LogP contribution in [0, 0.1) is 12.7 Å². The first kappa shape index (κ1) is 13.3. The molecule has 0 aliphatic rings. The second-order valence-corrected chi connectivity index (χ2v) is 4.59. The predicted molar refractivity (Wildman–Crippen MR) is 70.5 cm³/mol. The van der Waals surface area contributed by atoms with Gasteiger partial charge < -0.3 is 9.73 Å². The van der Waals surface area contributed by atoms with Crippen molar-refractivity contribution in [3.05, 3.63) is 59.3 Å². The van der Waals surface area contributed by atoms with Crippen molar-refractivity contribution in [2.45, 2.75) is 26.3 Å². The molecule has 1 heterocycles. The van der Waals surface area contributed by atoms with E-state index in [9.17, 15) is 9.18 Å². The largest absolute Gasteiger partial charge is 0.469 e. The van der Waals surface area contributed by atoms with Crippen molar-refractivity contribution < 1.29 is 13.6 Å². The Morgan fingerprint density at radius 2 is 2.16 bits per heavy atom. The van der Waals surface area contributed by atoms with Crippen molar-refractivity contribution in [1.29, 1.82) is 0 Å². The van der Waals surface area contributed by atoms with E-state index in [1.165, 1.54) is 6.07 Å². The molecule has 19 heavy (non-hydrogen) atoms. The molecule has 0 fully saturated rings. The van der Waals surface area contributed by atoms with Crippen molar-refractivity contribution in [1.82, 2.24) is 5.32 Å². The number of hydrogen-bond acceptors (Lipinski definition) is 2. The van der Waals surface area contributed by atoms with Gasteiger partial charge in [-0.15, -0.1) is 0 Å². The van der Waals surface area contributed by atoms with Gasteiger partial charge in [0.05, 0.1) is 11.8 Å². The first-order valence-electron chi connectivity index (χ1n) is 6.16. The molecule has 0 spiro atoms. The molecule has 0 aliphatic carbocycles. The fourth-order valence-corrected chi connectivity index (χ4v) is 1.91. The van der Waals surface area contributed by atoms with Gasteiger partial charge in [0.1, 0.15) is 11.6 Å². The average Bonchev–Trinajstić information content (AvgIpc) is 2.85. The van der Waals surface area contributed by atoms with Gasteiger partial charge in [0.25, 0.3) is 5.91 Å². The molecule has 0 aliphatic heterocycles. The number of nitrogens with one attached hydrogen (secondary N) is 1. The van der Waals surface area contributed by atoms with Crippen LogP contribution in [0.5, 0.6) is 0 Å². The lowest BCUT2D eigenvalue weighted by molar-refractivity contribution is 0.0935. The molecule has 3 nitrogen and oxygen atoms in total. The molecule has 2 aromatic rings. The van der Waals surface area contributed by atoms with E-state index in [1.54, 1.807) is 31.4 Å². The molecule has 1 amide bonds. The maximum atomic E-state index is 13.8. The summed E-state index contributed by atoms with van der Waals surface area (Å²) < 4.78 is 19.0. The summed E-state index contributed by atoms with van der Waals surface area (Å²) in [7, 11) is 0. The van der Waals surface area contributed by atoms with Gasteiger partial charge in [-0.25, -0.2) is 4.39 Å². The maximum absolute atomic E-state index is 13.8. The third-order valence-corrected chi connectivity index (χ3v) is 2.90. The number of benzene rings is 1. The van der Waals surface area contributed by atoms with E-state index in [2.05, 4.69) is 5.32 Å². The number of halogens is 1. The van der Waals surface area contributed by atoms with Gasteiger partial charge in [-0.05, 0) is 37.6 Å². The number of carbonyl (C=O) groups is 1. The Labute approximate surface area is 111 Å². The molecular formula is C15H16FNO2. The van der Waals surface area contributed by atoms with Crippen LogP contribution in [0.3, 0.4) is 0 Å². The number of furan rings is 1. The zero-order valence-electron chi connectivity index (χ0n) is 10.9. The Balaban J connectivity index is 2.02. The van der Waals surface area contributed by atoms with Crippen molar-refractivity contribution >= 4 is 5.91 Å². The fraction of sp³-hybridized carbons (Fsp3) is 0.267. The van der Waals surface area contributed by atoms with E-state index in [4.69, 9.17) is 4.42 Å². The maximum Gasteiger partial charge on any atom is 0.254 e. The molecule has 1 aromatic heterocycles. The Bertz CT molecular complexity index is 564. The highest BCUT2D eigenvalue weighted by atomic mass is 19.1. The summed E-state index contributed by atoms with van der Waals surface area (Å²) in [5.74, 6) is -0.0806. The molecule has 100 valence electrons. The number of amides is 1. The first-order valence-corrected chi connectivity index (χ1v) is 6.16. The molecular weight excluding hydrogens is 245 g/mol. The van der Waals surface area contributed by atoms with Crippen molar-refractivity contribution in [3.63, 3.8) is 0 Å². The fourth-order valence-electron chi connectivity index (χ4n) is 1.91. The third kappa shape index (κ3) is 3.22. The van der Waals surface area contributed by atoms with E-state index < -0.39 is 11.7 Å². The monoisotopic (exact) mass is 261 g/mol. The Hall–Kier alpha value is -2.10. The lowest BCUT2D eigenvalue weighted by atomic mass is 10.1. The smallest absolute Gasteiger partial charge is 0.254 e. The van der Waals surface area contributed by atoms with Crippen LogP contribution in [0.15, 0.2) is 41.0 Å². The summed E-state index contributed by atoms with van der Waals surface area (Å²) in [4.78, 5) is 12.0. The highest BCUT2D eigenvalue weighted by Gasteiger charge is 2.15. The molecule has 2 rings (SSSR count). The second kappa shape index (κ2) is 5.69. The molecule has 4 heteroatoms. The zero-order valence-corrected chi connectivity index (χ0v) is 10.9. The minimum atomic E-state index is -0.467. The Morgan fingerprint density at radius 3 is 2.84 bits per heavy atom. The SMILES string of the molecule is Cc1cccc(C(=O)NC(C)Cc2ccco2)c1F. The van der Waals surface area contributed by atoms with Gasteiger partial charge in [-0.2, -0.15) is 0 Å². The van der Waals surface area contributed by atoms with Crippen LogP contribution in [0.25, 0.3) is 0 Å². The normalized spacial score (nSPS) is 12.2. The minimum absolute atomic E-state index is 0.0753. The summed E-state index contributed by atoms with van der Waals surface area (Å²) in [6, 6.07) is 8.30. The van der Waals surface area contributed by atoms with Crippen LogP contribution >= 0.6 is 0 Å². The van der Waals surface area contributed by atoms with Gasteiger partial charge in [0.15, 0.2) is 0 Å². The standard InChI is InChI=1S/C15H16FNO2/c1-10-5-3-7-13(14(10)16)15(18)17-11(2)9-12-6-4-8-19-12/h3-8,11H,9H2,1-2H3,(H,17,18). The lowest BCUT2D eigenvalue weighted by Gasteiger charge is -2.13. The number of carbonyl (C=O) groups excluding carboxylic acids is 1. The summed E-state index contributed by atoms with van der Waals surface area (Å²) in [6.45, 7) is 3.49. The van der Waals surface area contributed by atoms with E-state index in [0.29, 0.717) is 12.0 Å². The summed E-state index contributed by atoms with van der Waals surface area (Å²) in [6.07, 6.45) is 2.16. The Kier molecular flexibility index (Phi) is 4.00. The quantitative estimate of drug-likeness (QED) is 0.919. The van der Waals surface area contributed by atoms with Crippen molar-refractivity contribution in [2.24, 2.45) is 0 Å². The second-order valence-electron chi connectivity index (χ2n) is 4.59. The lowest BCUT2D eigenvalue weighted by Crippen LogP contribution is -2.34. The van der Waals surface area contributed by atoms with Crippen LogP contribution in [0.2, 0.25) is 0 Å². The van der Waals surface area contributed by atoms with Crippen LogP contribution in [-0.2, 0) is 6.42 Å². The van der Waals surface area contributed by atoms with Crippen molar-refractivity contribution in [2.75, 3.05) is 0 Å². The summed E-state index contributed by atoms with van der Waals surface area (Å²) >= 11 is 0. The Morgan fingerprint density at radius 1 is 1.37 bits per heavy atom. The highest BCUT2D eigenvalue weighted by molar-refractivity contribution is 5.94. The number of rotatable bonds is 4. The minimum Gasteiger partial charge on any atom is -0.469 e. The van der Waals surface area contributed by atoms with Crippen LogP contribution in [0.4, 0.5) is 4.39 Å². The molecule has 1 aromatic carbocycles. The van der Waals surface area contributed by atoms with Crippen LogP contribution in [0.1, 0.15) is 28.6 Å². The van der Waals surface area contributed by atoms with E-state index >= 15 is 0 Å². The highest BCUT2D eigenvalue weighted by Crippen LogP contribution is 2.12. The number of aryl methyl sites for hydroxylation is 1. The van der Waals surface area contributed by atoms with Gasteiger partial charge in [0.2, 0.25) is 0 Å². The zero-order chi connectivity index (χ0) is 13.8. The molecule has 1 atom stereocenters. The summed E-state index contributed by atoms with van der Waals surface area (Å²) in [5.41, 5.74) is 0.539. The molecule has 0 saturated heterocycles. The summed E-state index contributed by atoms with van der Waals surface area (Å²) in [5, 5.41) is 2.76. The van der Waals surface area contributed by atoms with E-state index in [0.717, 1.165) is 5.76 Å². The third-order valence-electron chi connectivity index (χ3n) is 2.90. The molecule has 1 unspecified atom stereocenters. The van der Waals surface area contributed by atoms with Crippen molar-refractivity contribution in [3.8, 4) is 0 Å². The molecule has 1 N–H and O–H groups in total. The predicted octanol–water partition coefficient (Wildman–Crippen LogP) is 3.09.